The highest BCUT2D eigenvalue weighted by Gasteiger charge is 2.40. The van der Waals surface area contributed by atoms with Gasteiger partial charge in [0.15, 0.2) is 11.9 Å². The average molecular weight is 462 g/mol. The Morgan fingerprint density at radius 1 is 1.06 bits per heavy atom. The zero-order valence-electron chi connectivity index (χ0n) is 20.7. The molecule has 1 saturated heterocycles. The van der Waals surface area contributed by atoms with Crippen LogP contribution in [-0.2, 0) is 27.1 Å². The largest absolute Gasteiger partial charge is 0.377 e. The van der Waals surface area contributed by atoms with Crippen molar-refractivity contribution in [2.24, 2.45) is 0 Å². The molecule has 0 bridgehead atoms. The number of allylic oxidation sites excluding steroid dienone is 1. The van der Waals surface area contributed by atoms with Crippen LogP contribution in [-0.4, -0.2) is 31.2 Å². The van der Waals surface area contributed by atoms with Crippen LogP contribution in [0.15, 0.2) is 72.8 Å². The fourth-order valence-electron chi connectivity index (χ4n) is 4.71. The molecule has 2 aromatic carbocycles. The molecule has 0 amide bonds. The Hall–Kier alpha value is -2.45. The van der Waals surface area contributed by atoms with E-state index in [1.807, 2.05) is 13.0 Å². The van der Waals surface area contributed by atoms with Crippen LogP contribution in [0, 0.1) is 11.3 Å². The summed E-state index contributed by atoms with van der Waals surface area (Å²) in [6.07, 6.45) is 12.4. The number of hydrogen-bond acceptors (Lipinski definition) is 4. The van der Waals surface area contributed by atoms with Gasteiger partial charge in [-0.3, -0.25) is 0 Å². The fourth-order valence-corrected chi connectivity index (χ4v) is 4.71. The fraction of sp³-hybridized carbons (Fsp3) is 0.500. The maximum absolute atomic E-state index is 9.97. The molecule has 1 heterocycles. The molecule has 1 fully saturated rings. The second kappa shape index (κ2) is 14.1. The van der Waals surface area contributed by atoms with E-state index in [2.05, 4.69) is 72.8 Å². The topological polar surface area (TPSA) is 51.5 Å². The van der Waals surface area contributed by atoms with Crippen LogP contribution in [0.3, 0.4) is 0 Å². The molecule has 3 rings (SSSR count). The van der Waals surface area contributed by atoms with Crippen molar-refractivity contribution in [3.05, 3.63) is 83.9 Å². The van der Waals surface area contributed by atoms with E-state index in [4.69, 9.17) is 14.2 Å². The second-order valence-corrected chi connectivity index (χ2v) is 9.25. The monoisotopic (exact) mass is 461 g/mol. The first kappa shape index (κ1) is 26.2. The lowest BCUT2D eigenvalue weighted by atomic mass is 9.88. The van der Waals surface area contributed by atoms with E-state index >= 15 is 0 Å². The minimum absolute atomic E-state index is 0.0432. The Bertz CT molecular complexity index is 892. The maximum Gasteiger partial charge on any atom is 0.159 e. The first-order valence-electron chi connectivity index (χ1n) is 12.6. The number of nitrogens with zero attached hydrogens (tertiary/aromatic N) is 1. The summed E-state index contributed by atoms with van der Waals surface area (Å²) in [5.41, 5.74) is 1.91. The smallest absolute Gasteiger partial charge is 0.159 e. The number of methoxy groups -OCH3 is 1. The number of ether oxygens (including phenoxy) is 3. The quantitative estimate of drug-likeness (QED) is 0.243. The van der Waals surface area contributed by atoms with E-state index in [9.17, 15) is 5.26 Å². The molecule has 0 radical (unpaired) electrons. The molecule has 0 N–H and O–H groups in total. The summed E-state index contributed by atoms with van der Waals surface area (Å²) in [7, 11) is 1.77. The van der Waals surface area contributed by atoms with Gasteiger partial charge in [0.1, 0.15) is 0 Å². The van der Waals surface area contributed by atoms with E-state index in [1.165, 1.54) is 11.1 Å². The van der Waals surface area contributed by atoms with Gasteiger partial charge in [0.2, 0.25) is 0 Å². The van der Waals surface area contributed by atoms with Gasteiger partial charge in [-0.25, -0.2) is 0 Å². The lowest BCUT2D eigenvalue weighted by molar-refractivity contribution is -0.260. The normalized spacial score (nSPS) is 23.6. The first-order chi connectivity index (χ1) is 16.6. The summed E-state index contributed by atoms with van der Waals surface area (Å²) in [6.45, 7) is 1.90. The van der Waals surface area contributed by atoms with Crippen molar-refractivity contribution in [1.29, 1.82) is 5.26 Å². The SMILES string of the molecule is CO[C@@H](/C=C/CCC[C@@]1(C#N)C[C@@H](CCc2ccccc2)O[C@@H](C)O1)CCCc1ccccc1. The van der Waals surface area contributed by atoms with Crippen molar-refractivity contribution in [3.8, 4) is 6.07 Å². The zero-order valence-corrected chi connectivity index (χ0v) is 20.7. The highest BCUT2D eigenvalue weighted by Crippen LogP contribution is 2.34. The first-order valence-corrected chi connectivity index (χ1v) is 12.6. The van der Waals surface area contributed by atoms with E-state index in [-0.39, 0.29) is 18.5 Å². The van der Waals surface area contributed by atoms with Crippen LogP contribution in [0.1, 0.15) is 63.0 Å². The van der Waals surface area contributed by atoms with Crippen molar-refractivity contribution >= 4 is 0 Å². The molecule has 0 aromatic heterocycles. The summed E-state index contributed by atoms with van der Waals surface area (Å²) in [6, 6.07) is 23.5. The lowest BCUT2D eigenvalue weighted by Crippen LogP contribution is -2.46. The molecule has 1 aliphatic rings. The van der Waals surface area contributed by atoms with Crippen molar-refractivity contribution in [3.63, 3.8) is 0 Å². The Morgan fingerprint density at radius 3 is 2.38 bits per heavy atom. The minimum atomic E-state index is -0.761. The highest BCUT2D eigenvalue weighted by molar-refractivity contribution is 5.16. The van der Waals surface area contributed by atoms with Gasteiger partial charge in [-0.05, 0) is 69.4 Å². The molecule has 4 nitrogen and oxygen atoms in total. The van der Waals surface area contributed by atoms with Gasteiger partial charge in [0.05, 0.1) is 18.3 Å². The third-order valence-corrected chi connectivity index (χ3v) is 6.54. The number of unbranched alkanes of at least 4 members (excludes halogenated alkanes) is 1. The maximum atomic E-state index is 9.97. The predicted molar refractivity (Wildman–Crippen MR) is 136 cm³/mol. The van der Waals surface area contributed by atoms with Crippen molar-refractivity contribution in [2.75, 3.05) is 7.11 Å². The Balaban J connectivity index is 1.41. The summed E-state index contributed by atoms with van der Waals surface area (Å²) >= 11 is 0. The molecule has 0 saturated carbocycles. The van der Waals surface area contributed by atoms with E-state index in [0.717, 1.165) is 51.4 Å². The number of benzene rings is 2. The average Bonchev–Trinajstić information content (AvgIpc) is 2.87. The molecule has 182 valence electrons. The van der Waals surface area contributed by atoms with Gasteiger partial charge in [0, 0.05) is 13.5 Å². The van der Waals surface area contributed by atoms with Gasteiger partial charge < -0.3 is 14.2 Å². The number of aryl methyl sites for hydroxylation is 2. The summed E-state index contributed by atoms with van der Waals surface area (Å²) in [4.78, 5) is 0. The van der Waals surface area contributed by atoms with Gasteiger partial charge in [-0.2, -0.15) is 5.26 Å². The molecule has 34 heavy (non-hydrogen) atoms. The van der Waals surface area contributed by atoms with Gasteiger partial charge in [-0.15, -0.1) is 0 Å². The molecule has 2 aromatic rings. The third kappa shape index (κ3) is 8.72. The van der Waals surface area contributed by atoms with Crippen LogP contribution in [0.2, 0.25) is 0 Å². The van der Waals surface area contributed by atoms with Gasteiger partial charge in [0.25, 0.3) is 0 Å². The van der Waals surface area contributed by atoms with Gasteiger partial charge in [-0.1, -0.05) is 72.8 Å². The molecule has 0 aliphatic carbocycles. The number of nitriles is 1. The van der Waals surface area contributed by atoms with Crippen molar-refractivity contribution in [2.45, 2.75) is 88.8 Å². The molecule has 0 unspecified atom stereocenters. The second-order valence-electron chi connectivity index (χ2n) is 9.25. The predicted octanol–water partition coefficient (Wildman–Crippen LogP) is 6.80. The van der Waals surface area contributed by atoms with Crippen molar-refractivity contribution < 1.29 is 14.2 Å². The standard InChI is InChI=1S/C30H39NO3/c1-25-33-29(21-20-27-15-8-4-9-16-27)23-30(24-31,34-25)22-11-5-10-18-28(32-2)19-12-17-26-13-6-3-7-14-26/h3-4,6-10,13-16,18,25,28-29H,5,11-12,17,19-23H2,1-2H3/b18-10+/t25-,28+,29-,30+/m1/s1. The Morgan fingerprint density at radius 2 is 1.74 bits per heavy atom. The van der Waals surface area contributed by atoms with E-state index < -0.39 is 5.60 Å². The van der Waals surface area contributed by atoms with E-state index in [0.29, 0.717) is 6.42 Å². The molecular formula is C30H39NO3. The highest BCUT2D eigenvalue weighted by atomic mass is 16.7. The Labute approximate surface area is 205 Å². The van der Waals surface area contributed by atoms with Crippen molar-refractivity contribution in [1.82, 2.24) is 0 Å². The molecule has 0 spiro atoms. The van der Waals surface area contributed by atoms with Crippen LogP contribution >= 0.6 is 0 Å². The van der Waals surface area contributed by atoms with Crippen LogP contribution in [0.25, 0.3) is 0 Å². The Kier molecular flexibility index (Phi) is 10.8. The number of hydrogen-bond donors (Lipinski definition) is 0. The third-order valence-electron chi connectivity index (χ3n) is 6.54. The van der Waals surface area contributed by atoms with Crippen LogP contribution < -0.4 is 0 Å². The van der Waals surface area contributed by atoms with Gasteiger partial charge >= 0.3 is 0 Å². The summed E-state index contributed by atoms with van der Waals surface area (Å²) < 4.78 is 17.7. The number of rotatable bonds is 13. The lowest BCUT2D eigenvalue weighted by Gasteiger charge is -2.39. The minimum Gasteiger partial charge on any atom is -0.377 e. The molecular weight excluding hydrogens is 422 g/mol. The summed E-state index contributed by atoms with van der Waals surface area (Å²) in [5.74, 6) is 0. The van der Waals surface area contributed by atoms with Crippen LogP contribution in [0.4, 0.5) is 0 Å². The summed E-state index contributed by atoms with van der Waals surface area (Å²) in [5, 5.41) is 9.97. The zero-order chi connectivity index (χ0) is 24.1. The van der Waals surface area contributed by atoms with Crippen LogP contribution in [0.5, 0.6) is 0 Å². The molecule has 4 atom stereocenters. The molecule has 1 aliphatic heterocycles. The molecule has 4 heteroatoms. The van der Waals surface area contributed by atoms with E-state index in [1.54, 1.807) is 7.11 Å².